The molecule has 4 N–H and O–H groups in total. The number of rotatable bonds is 5. The number of nitrogens with one attached hydrogen (secondary N) is 4. The van der Waals surface area contributed by atoms with E-state index >= 15 is 0 Å². The summed E-state index contributed by atoms with van der Waals surface area (Å²) in [6.45, 7) is 2.16. The van der Waals surface area contributed by atoms with Crippen molar-refractivity contribution in [2.45, 2.75) is 81.7 Å². The topological polar surface area (TPSA) is 81.4 Å². The molecule has 218 valence electrons. The van der Waals surface area contributed by atoms with Crippen LogP contribution >= 0.6 is 0 Å². The number of benzene rings is 3. The van der Waals surface area contributed by atoms with Crippen LogP contribution < -0.4 is 10.6 Å². The van der Waals surface area contributed by atoms with Crippen LogP contribution in [0.4, 0.5) is 0 Å². The summed E-state index contributed by atoms with van der Waals surface area (Å²) in [6, 6.07) is 21.6. The first-order valence-corrected chi connectivity index (χ1v) is 16.5. The monoisotopic (exact) mass is 568 g/mol. The average molecular weight is 569 g/mol. The Morgan fingerprint density at radius 2 is 1.40 bits per heavy atom. The van der Waals surface area contributed by atoms with Crippen LogP contribution in [0.1, 0.15) is 92.6 Å². The summed E-state index contributed by atoms with van der Waals surface area (Å²) < 4.78 is 0. The third-order valence-electron chi connectivity index (χ3n) is 11.0. The molecule has 2 atom stereocenters. The van der Waals surface area contributed by atoms with E-state index in [2.05, 4.69) is 75.2 Å². The lowest BCUT2D eigenvalue weighted by Crippen LogP contribution is -2.19. The Morgan fingerprint density at radius 3 is 2.16 bits per heavy atom. The lowest BCUT2D eigenvalue weighted by Gasteiger charge is -2.28. The molecule has 6 nitrogen and oxygen atoms in total. The Hall–Kier alpha value is -3.74. The fourth-order valence-corrected chi connectivity index (χ4v) is 8.75. The Bertz CT molecular complexity index is 1790. The molecule has 0 amide bonds. The molecule has 43 heavy (non-hydrogen) atoms. The number of hydrogen-bond donors (Lipinski definition) is 4. The number of fused-ring (bicyclic) bond motifs is 3. The highest BCUT2D eigenvalue weighted by atomic mass is 15.0. The SMILES string of the molecule is c1cc(-c2ccc(-c3ccc4nc([C@@H]5CCCN5)[nH]c4c3)c3c2C2(CCCC2)CC3)ccc1-c1cnc([C@@H]2CCCN2)[nH]1. The number of nitrogens with zero attached hydrogens (tertiary/aromatic N) is 2. The van der Waals surface area contributed by atoms with Crippen molar-refractivity contribution in [2.24, 2.45) is 0 Å². The van der Waals surface area contributed by atoms with Crippen molar-refractivity contribution in [1.82, 2.24) is 30.6 Å². The minimum absolute atomic E-state index is 0.325. The minimum atomic E-state index is 0.325. The zero-order valence-electron chi connectivity index (χ0n) is 24.8. The first-order chi connectivity index (χ1) is 21.2. The molecular formula is C37H40N6. The van der Waals surface area contributed by atoms with Crippen molar-refractivity contribution in [3.63, 3.8) is 0 Å². The summed E-state index contributed by atoms with van der Waals surface area (Å²) >= 11 is 0. The van der Waals surface area contributed by atoms with Crippen LogP contribution in [0.5, 0.6) is 0 Å². The quantitative estimate of drug-likeness (QED) is 0.174. The van der Waals surface area contributed by atoms with Crippen LogP contribution in [0.25, 0.3) is 44.5 Å². The van der Waals surface area contributed by atoms with Gasteiger partial charge in [-0.05, 0) is 121 Å². The van der Waals surface area contributed by atoms with Crippen LogP contribution in [-0.2, 0) is 11.8 Å². The van der Waals surface area contributed by atoms with E-state index in [1.54, 1.807) is 11.1 Å². The van der Waals surface area contributed by atoms with Crippen LogP contribution in [0.3, 0.4) is 0 Å². The Balaban J connectivity index is 1.09. The highest BCUT2D eigenvalue weighted by Crippen LogP contribution is 2.55. The summed E-state index contributed by atoms with van der Waals surface area (Å²) in [5.41, 5.74) is 13.5. The molecule has 2 saturated heterocycles. The Labute approximate surface area is 253 Å². The predicted molar refractivity (Wildman–Crippen MR) is 173 cm³/mol. The van der Waals surface area contributed by atoms with E-state index in [0.29, 0.717) is 17.5 Å². The van der Waals surface area contributed by atoms with Gasteiger partial charge in [0.2, 0.25) is 0 Å². The van der Waals surface area contributed by atoms with E-state index in [1.165, 1.54) is 79.2 Å². The van der Waals surface area contributed by atoms with E-state index in [-0.39, 0.29) is 0 Å². The molecule has 6 heteroatoms. The third-order valence-corrected chi connectivity index (χ3v) is 11.0. The van der Waals surface area contributed by atoms with E-state index < -0.39 is 0 Å². The highest BCUT2D eigenvalue weighted by molar-refractivity contribution is 5.86. The predicted octanol–water partition coefficient (Wildman–Crippen LogP) is 7.89. The normalized spacial score (nSPS) is 22.7. The van der Waals surface area contributed by atoms with Crippen molar-refractivity contribution in [1.29, 1.82) is 0 Å². The van der Waals surface area contributed by atoms with Gasteiger partial charge in [0.1, 0.15) is 11.6 Å². The van der Waals surface area contributed by atoms with Gasteiger partial charge in [0, 0.05) is 0 Å². The van der Waals surface area contributed by atoms with Gasteiger partial charge in [0.25, 0.3) is 0 Å². The lowest BCUT2D eigenvalue weighted by molar-refractivity contribution is 0.440. The zero-order chi connectivity index (χ0) is 28.4. The maximum atomic E-state index is 4.94. The molecule has 5 aromatic rings. The van der Waals surface area contributed by atoms with Gasteiger partial charge in [-0.1, -0.05) is 55.3 Å². The molecule has 2 aliphatic heterocycles. The fourth-order valence-electron chi connectivity index (χ4n) is 8.75. The molecule has 4 heterocycles. The second kappa shape index (κ2) is 10.2. The fraction of sp³-hybridized carbons (Fsp3) is 0.405. The van der Waals surface area contributed by atoms with Crippen LogP contribution in [-0.4, -0.2) is 33.0 Å². The van der Waals surface area contributed by atoms with Crippen molar-refractivity contribution in [3.05, 3.63) is 83.6 Å². The standard InChI is InChI=1S/C37H40N6/c1-2-17-37(16-1)18-15-28-26(25-11-14-29-32(21-25)42-36(41-29)31-6-4-20-39-31)12-13-27(34(28)37)23-7-9-24(10-8-23)33-22-40-35(43-33)30-5-3-19-38-30/h7-14,21-22,30-31,38-39H,1-6,15-20H2,(H,40,43)(H,41,42)/t30-,31-/m0/s1. The van der Waals surface area contributed by atoms with Crippen LogP contribution in [0, 0.1) is 0 Å². The molecule has 2 aromatic heterocycles. The number of aromatic nitrogens is 4. The molecule has 3 fully saturated rings. The smallest absolute Gasteiger partial charge is 0.124 e. The van der Waals surface area contributed by atoms with Gasteiger partial charge in [-0.15, -0.1) is 0 Å². The maximum Gasteiger partial charge on any atom is 0.124 e. The molecule has 0 unspecified atom stereocenters. The van der Waals surface area contributed by atoms with Crippen LogP contribution in [0.2, 0.25) is 0 Å². The second-order valence-corrected chi connectivity index (χ2v) is 13.4. The van der Waals surface area contributed by atoms with Crippen molar-refractivity contribution in [3.8, 4) is 33.5 Å². The van der Waals surface area contributed by atoms with Gasteiger partial charge in [0.05, 0.1) is 35.0 Å². The zero-order valence-corrected chi connectivity index (χ0v) is 24.8. The van der Waals surface area contributed by atoms with E-state index in [0.717, 1.165) is 54.3 Å². The summed E-state index contributed by atoms with van der Waals surface area (Å²) in [6.07, 6.45) is 14.5. The largest absolute Gasteiger partial charge is 0.341 e. The van der Waals surface area contributed by atoms with Gasteiger partial charge in [0.15, 0.2) is 0 Å². The van der Waals surface area contributed by atoms with Gasteiger partial charge in [-0.2, -0.15) is 0 Å². The minimum Gasteiger partial charge on any atom is -0.341 e. The highest BCUT2D eigenvalue weighted by Gasteiger charge is 2.43. The molecule has 3 aromatic carbocycles. The van der Waals surface area contributed by atoms with E-state index in [4.69, 9.17) is 9.97 Å². The first-order valence-electron chi connectivity index (χ1n) is 16.5. The van der Waals surface area contributed by atoms with Gasteiger partial charge in [-0.3, -0.25) is 0 Å². The first kappa shape index (κ1) is 25.7. The van der Waals surface area contributed by atoms with Crippen molar-refractivity contribution < 1.29 is 0 Å². The maximum absolute atomic E-state index is 4.94. The average Bonchev–Trinajstić information content (AvgIpc) is 3.89. The number of aromatic amines is 2. The number of H-pyrrole nitrogens is 2. The second-order valence-electron chi connectivity index (χ2n) is 13.4. The van der Waals surface area contributed by atoms with Crippen LogP contribution in [0.15, 0.2) is 60.8 Å². The molecule has 0 radical (unpaired) electrons. The third kappa shape index (κ3) is 4.29. The summed E-state index contributed by atoms with van der Waals surface area (Å²) in [4.78, 5) is 16.9. The summed E-state index contributed by atoms with van der Waals surface area (Å²) in [5, 5.41) is 7.14. The molecule has 1 saturated carbocycles. The molecular weight excluding hydrogens is 528 g/mol. The Kier molecular flexibility index (Phi) is 6.09. The van der Waals surface area contributed by atoms with E-state index in [1.807, 2.05) is 6.20 Å². The van der Waals surface area contributed by atoms with E-state index in [9.17, 15) is 0 Å². The summed E-state index contributed by atoms with van der Waals surface area (Å²) in [7, 11) is 0. The molecule has 4 aliphatic rings. The molecule has 2 aliphatic carbocycles. The number of hydrogen-bond acceptors (Lipinski definition) is 4. The van der Waals surface area contributed by atoms with Gasteiger partial charge in [-0.25, -0.2) is 9.97 Å². The molecule has 0 bridgehead atoms. The summed E-state index contributed by atoms with van der Waals surface area (Å²) in [5.74, 6) is 2.15. The lowest BCUT2D eigenvalue weighted by atomic mass is 9.76. The molecule has 1 spiro atoms. The van der Waals surface area contributed by atoms with Gasteiger partial charge < -0.3 is 20.6 Å². The molecule has 9 rings (SSSR count). The number of imidazole rings is 2. The van der Waals surface area contributed by atoms with Crippen molar-refractivity contribution in [2.75, 3.05) is 13.1 Å². The van der Waals surface area contributed by atoms with Gasteiger partial charge >= 0.3 is 0 Å². The van der Waals surface area contributed by atoms with Crippen molar-refractivity contribution >= 4 is 11.0 Å². The Morgan fingerprint density at radius 1 is 0.674 bits per heavy atom.